The van der Waals surface area contributed by atoms with Crippen LogP contribution in [-0.2, 0) is 14.6 Å². The van der Waals surface area contributed by atoms with Crippen LogP contribution in [0.5, 0.6) is 0 Å². The van der Waals surface area contributed by atoms with Crippen molar-refractivity contribution >= 4 is 49.9 Å². The number of hydrogen-bond acceptors (Lipinski definition) is 3. The molecule has 0 N–H and O–H groups in total. The lowest BCUT2D eigenvalue weighted by Crippen LogP contribution is -2.31. The Kier molecular flexibility index (Phi) is 4.23. The third-order valence-corrected chi connectivity index (χ3v) is 5.01. The minimum absolute atomic E-state index is 0.0404. The zero-order chi connectivity index (χ0) is 12.4. The Hall–Kier alpha value is -0.290. The highest BCUT2D eigenvalue weighted by Gasteiger charge is 2.38. The van der Waals surface area contributed by atoms with Gasteiger partial charge in [0.25, 0.3) is 5.24 Å². The molecule has 7 heteroatoms. The summed E-state index contributed by atoms with van der Waals surface area (Å²) in [7, 11) is -3.73. The minimum atomic E-state index is -3.73. The van der Waals surface area contributed by atoms with Crippen molar-refractivity contribution in [1.82, 2.24) is 0 Å². The van der Waals surface area contributed by atoms with Crippen molar-refractivity contribution in [3.05, 3.63) is 30.3 Å². The van der Waals surface area contributed by atoms with Crippen LogP contribution in [0.2, 0.25) is 0 Å². The van der Waals surface area contributed by atoms with E-state index in [0.717, 1.165) is 0 Å². The van der Waals surface area contributed by atoms with E-state index in [1.807, 2.05) is 0 Å². The first-order chi connectivity index (χ1) is 7.26. The van der Waals surface area contributed by atoms with Gasteiger partial charge in [-0.25, -0.2) is 8.42 Å². The normalized spacial score (nSPS) is 12.4. The van der Waals surface area contributed by atoms with Crippen molar-refractivity contribution in [3.8, 4) is 0 Å². The average Bonchev–Trinajstić information content (AvgIpc) is 2.17. The first-order valence-electron chi connectivity index (χ1n) is 4.11. The summed E-state index contributed by atoms with van der Waals surface area (Å²) in [6.45, 7) is 0. The van der Waals surface area contributed by atoms with Gasteiger partial charge >= 0.3 is 0 Å². The largest absolute Gasteiger partial charge is 0.278 e. The van der Waals surface area contributed by atoms with Crippen LogP contribution in [0.15, 0.2) is 35.2 Å². The Balaban J connectivity index is 3.03. The van der Waals surface area contributed by atoms with Crippen molar-refractivity contribution < 1.29 is 13.2 Å². The van der Waals surface area contributed by atoms with Crippen molar-refractivity contribution in [2.24, 2.45) is 0 Å². The van der Waals surface area contributed by atoms with Gasteiger partial charge in [0, 0.05) is 0 Å². The van der Waals surface area contributed by atoms with Gasteiger partial charge in [0.05, 0.1) is 10.6 Å². The summed E-state index contributed by atoms with van der Waals surface area (Å²) in [4.78, 5) is 10.9. The number of rotatable bonds is 4. The average molecular weight is 302 g/mol. The molecule has 0 bridgehead atoms. The van der Waals surface area contributed by atoms with E-state index in [1.165, 1.54) is 12.1 Å². The Morgan fingerprint density at radius 2 is 1.69 bits per heavy atom. The molecule has 0 radical (unpaired) electrons. The van der Waals surface area contributed by atoms with Gasteiger partial charge in [0.15, 0.2) is 9.84 Å². The number of sulfone groups is 1. The zero-order valence-corrected chi connectivity index (χ0v) is 10.9. The monoisotopic (exact) mass is 300 g/mol. The number of alkyl halides is 2. The summed E-state index contributed by atoms with van der Waals surface area (Å²) in [5, 5.41) is -1.12. The molecule has 0 amide bonds. The molecule has 0 fully saturated rings. The number of carbonyl (C=O) groups is 1. The second-order valence-electron chi connectivity index (χ2n) is 3.05. The van der Waals surface area contributed by atoms with Crippen LogP contribution in [0.1, 0.15) is 0 Å². The topological polar surface area (TPSA) is 51.2 Å². The molecular formula is C9H7Cl3O3S. The third-order valence-electron chi connectivity index (χ3n) is 1.76. The summed E-state index contributed by atoms with van der Waals surface area (Å²) >= 11 is 16.1. The number of halogens is 3. The Morgan fingerprint density at radius 3 is 2.12 bits per heavy atom. The maximum atomic E-state index is 11.8. The number of hydrogen-bond donors (Lipinski definition) is 0. The van der Waals surface area contributed by atoms with Gasteiger partial charge in [-0.05, 0) is 23.7 Å². The molecular weight excluding hydrogens is 295 g/mol. The van der Waals surface area contributed by atoms with E-state index in [-0.39, 0.29) is 4.90 Å². The second kappa shape index (κ2) is 4.92. The second-order valence-corrected chi connectivity index (χ2v) is 6.87. The van der Waals surface area contributed by atoms with Crippen molar-refractivity contribution in [2.75, 3.05) is 5.75 Å². The highest BCUT2D eigenvalue weighted by Crippen LogP contribution is 2.28. The first kappa shape index (κ1) is 13.8. The number of benzene rings is 1. The molecule has 0 heterocycles. The summed E-state index contributed by atoms with van der Waals surface area (Å²) in [5.74, 6) is -0.755. The van der Waals surface area contributed by atoms with Gasteiger partial charge in [0.1, 0.15) is 0 Å². The zero-order valence-electron chi connectivity index (χ0n) is 7.86. The SMILES string of the molecule is O=C(Cl)C(Cl)(Cl)CS(=O)(=O)c1ccccc1. The van der Waals surface area contributed by atoms with Gasteiger partial charge in [0.2, 0.25) is 4.33 Å². The minimum Gasteiger partial charge on any atom is -0.278 e. The van der Waals surface area contributed by atoms with Gasteiger partial charge in [-0.15, -0.1) is 0 Å². The summed E-state index contributed by atoms with van der Waals surface area (Å²) < 4.78 is 21.4. The summed E-state index contributed by atoms with van der Waals surface area (Å²) in [5.41, 5.74) is 0. The third kappa shape index (κ3) is 3.35. The summed E-state index contributed by atoms with van der Waals surface area (Å²) in [6, 6.07) is 7.55. The quantitative estimate of drug-likeness (QED) is 0.634. The van der Waals surface area contributed by atoms with Crippen LogP contribution < -0.4 is 0 Å². The van der Waals surface area contributed by atoms with E-state index in [4.69, 9.17) is 34.8 Å². The molecule has 0 aliphatic heterocycles. The van der Waals surface area contributed by atoms with Crippen LogP contribution in [0.3, 0.4) is 0 Å². The van der Waals surface area contributed by atoms with E-state index >= 15 is 0 Å². The predicted molar refractivity (Wildman–Crippen MR) is 63.8 cm³/mol. The van der Waals surface area contributed by atoms with Crippen molar-refractivity contribution in [1.29, 1.82) is 0 Å². The number of carbonyl (C=O) groups excluding carboxylic acids is 1. The lowest BCUT2D eigenvalue weighted by molar-refractivity contribution is -0.111. The first-order valence-corrected chi connectivity index (χ1v) is 6.90. The molecule has 1 aromatic carbocycles. The van der Waals surface area contributed by atoms with Gasteiger partial charge < -0.3 is 0 Å². The predicted octanol–water partition coefficient (Wildman–Crippen LogP) is 2.40. The molecule has 0 saturated heterocycles. The fourth-order valence-corrected chi connectivity index (χ4v) is 3.36. The van der Waals surface area contributed by atoms with E-state index in [9.17, 15) is 13.2 Å². The van der Waals surface area contributed by atoms with E-state index in [0.29, 0.717) is 0 Å². The van der Waals surface area contributed by atoms with Crippen molar-refractivity contribution in [2.45, 2.75) is 9.23 Å². The van der Waals surface area contributed by atoms with Gasteiger partial charge in [-0.1, -0.05) is 41.4 Å². The Bertz CT molecular complexity index is 482. The van der Waals surface area contributed by atoms with E-state index < -0.39 is 25.2 Å². The Morgan fingerprint density at radius 1 is 1.19 bits per heavy atom. The van der Waals surface area contributed by atoms with Gasteiger partial charge in [-0.3, -0.25) is 4.79 Å². The fraction of sp³-hybridized carbons (Fsp3) is 0.222. The van der Waals surface area contributed by atoms with Gasteiger partial charge in [-0.2, -0.15) is 0 Å². The highest BCUT2D eigenvalue weighted by molar-refractivity contribution is 7.91. The smallest absolute Gasteiger partial charge is 0.258 e. The van der Waals surface area contributed by atoms with Crippen LogP contribution in [0.4, 0.5) is 0 Å². The molecule has 0 spiro atoms. The molecule has 0 aromatic heterocycles. The van der Waals surface area contributed by atoms with Crippen LogP contribution >= 0.6 is 34.8 Å². The lowest BCUT2D eigenvalue weighted by Gasteiger charge is -2.14. The maximum Gasteiger partial charge on any atom is 0.258 e. The van der Waals surface area contributed by atoms with E-state index in [1.54, 1.807) is 18.2 Å². The van der Waals surface area contributed by atoms with Crippen LogP contribution in [-0.4, -0.2) is 23.7 Å². The molecule has 0 aliphatic rings. The molecule has 0 saturated carbocycles. The Labute approximate surface area is 108 Å². The summed E-state index contributed by atoms with van der Waals surface area (Å²) in [6.07, 6.45) is 0. The molecule has 3 nitrogen and oxygen atoms in total. The maximum absolute atomic E-state index is 11.8. The van der Waals surface area contributed by atoms with Crippen LogP contribution in [0.25, 0.3) is 0 Å². The van der Waals surface area contributed by atoms with Crippen LogP contribution in [0, 0.1) is 0 Å². The molecule has 0 atom stereocenters. The molecule has 0 unspecified atom stereocenters. The molecule has 1 rings (SSSR count). The van der Waals surface area contributed by atoms with Crippen molar-refractivity contribution in [3.63, 3.8) is 0 Å². The molecule has 88 valence electrons. The molecule has 16 heavy (non-hydrogen) atoms. The molecule has 1 aromatic rings. The highest BCUT2D eigenvalue weighted by atomic mass is 35.5. The van der Waals surface area contributed by atoms with E-state index in [2.05, 4.69) is 0 Å². The lowest BCUT2D eigenvalue weighted by atomic mass is 10.4. The fourth-order valence-electron chi connectivity index (χ4n) is 1.01. The molecule has 0 aliphatic carbocycles. The standard InChI is InChI=1S/C9H7Cl3O3S/c10-8(13)9(11,12)6-16(14,15)7-4-2-1-3-5-7/h1-5H,6H2.